The topological polar surface area (TPSA) is 75.7 Å². The molecular formula is C30H24N2O4S. The zero-order chi connectivity index (χ0) is 25.8. The van der Waals surface area contributed by atoms with Gasteiger partial charge in [0.25, 0.3) is 17.1 Å². The summed E-state index contributed by atoms with van der Waals surface area (Å²) in [5.41, 5.74) is 3.51. The lowest BCUT2D eigenvalue weighted by Crippen LogP contribution is -2.27. The molecule has 0 aliphatic carbocycles. The number of hydrogen-bond donors (Lipinski definition) is 1. The third-order valence-corrected chi connectivity index (χ3v) is 6.87. The average molecular weight is 509 g/mol. The third kappa shape index (κ3) is 5.73. The number of aryl methyl sites for hydroxylation is 1. The van der Waals surface area contributed by atoms with E-state index in [0.717, 1.165) is 39.2 Å². The molecule has 1 fully saturated rings. The van der Waals surface area contributed by atoms with Crippen molar-refractivity contribution in [2.75, 3.05) is 11.9 Å². The molecule has 1 saturated heterocycles. The lowest BCUT2D eigenvalue weighted by molar-refractivity contribution is -0.123. The van der Waals surface area contributed by atoms with Gasteiger partial charge in [-0.05, 0) is 70.9 Å². The third-order valence-electron chi connectivity index (χ3n) is 5.97. The molecule has 0 spiro atoms. The summed E-state index contributed by atoms with van der Waals surface area (Å²) in [4.78, 5) is 39.5. The summed E-state index contributed by atoms with van der Waals surface area (Å²) in [6.07, 6.45) is 1.70. The smallest absolute Gasteiger partial charge is 0.293 e. The molecule has 1 aliphatic rings. The predicted octanol–water partition coefficient (Wildman–Crippen LogP) is 6.40. The molecule has 7 heteroatoms. The first-order chi connectivity index (χ1) is 18.0. The van der Waals surface area contributed by atoms with Crippen molar-refractivity contribution in [1.82, 2.24) is 4.90 Å². The summed E-state index contributed by atoms with van der Waals surface area (Å²) < 4.78 is 5.58. The van der Waals surface area contributed by atoms with Crippen LogP contribution in [-0.4, -0.2) is 28.6 Å². The maximum atomic E-state index is 13.0. The molecule has 4 aromatic rings. The van der Waals surface area contributed by atoms with Crippen LogP contribution in [0.3, 0.4) is 0 Å². The highest BCUT2D eigenvalue weighted by atomic mass is 32.2. The summed E-state index contributed by atoms with van der Waals surface area (Å²) in [6.45, 7) is 2.08. The highest BCUT2D eigenvalue weighted by molar-refractivity contribution is 8.18. The second kappa shape index (κ2) is 10.7. The lowest BCUT2D eigenvalue weighted by atomic mass is 10.0. The molecule has 0 aromatic heterocycles. The minimum absolute atomic E-state index is 0.125. The van der Waals surface area contributed by atoms with Crippen molar-refractivity contribution in [3.63, 3.8) is 0 Å². The first kappa shape index (κ1) is 24.3. The summed E-state index contributed by atoms with van der Waals surface area (Å²) in [6, 6.07) is 28.3. The molecule has 6 nitrogen and oxygen atoms in total. The van der Waals surface area contributed by atoms with Gasteiger partial charge in [0.1, 0.15) is 5.75 Å². The number of ether oxygens (including phenoxy) is 1. The molecule has 3 amide bonds. The molecular weight excluding hydrogens is 484 g/mol. The molecule has 184 valence electrons. The van der Waals surface area contributed by atoms with Crippen LogP contribution in [0.25, 0.3) is 16.8 Å². The summed E-state index contributed by atoms with van der Waals surface area (Å²) in [7, 11) is 0. The van der Waals surface area contributed by atoms with Gasteiger partial charge in [0, 0.05) is 5.69 Å². The van der Waals surface area contributed by atoms with Crippen molar-refractivity contribution >= 4 is 51.4 Å². The number of imide groups is 1. The molecule has 1 heterocycles. The van der Waals surface area contributed by atoms with E-state index in [1.807, 2.05) is 73.7 Å². The molecule has 0 radical (unpaired) electrons. The molecule has 5 rings (SSSR count). The number of nitrogens with one attached hydrogen (secondary N) is 1. The number of nitrogens with zero attached hydrogens (tertiary/aromatic N) is 1. The van der Waals surface area contributed by atoms with E-state index in [4.69, 9.17) is 4.74 Å². The van der Waals surface area contributed by atoms with Gasteiger partial charge in [0.05, 0.1) is 11.4 Å². The van der Waals surface area contributed by atoms with E-state index < -0.39 is 0 Å². The van der Waals surface area contributed by atoms with Gasteiger partial charge >= 0.3 is 0 Å². The highest BCUT2D eigenvalue weighted by Gasteiger charge is 2.35. The minimum Gasteiger partial charge on any atom is -0.484 e. The Hall–Kier alpha value is -4.36. The van der Waals surface area contributed by atoms with Crippen molar-refractivity contribution in [2.24, 2.45) is 0 Å². The van der Waals surface area contributed by atoms with Gasteiger partial charge in [-0.1, -0.05) is 72.3 Å². The second-order valence-electron chi connectivity index (χ2n) is 8.68. The number of thioether (sulfide) groups is 1. The largest absolute Gasteiger partial charge is 0.484 e. The van der Waals surface area contributed by atoms with E-state index in [0.29, 0.717) is 16.3 Å². The standard InChI is InChI=1S/C30H24N2O4S/c1-20-9-13-24(14-10-20)31-28(33)19-36-25-15-11-21(12-16-25)17-27-29(34)32(30(35)37-27)18-23-7-4-6-22-5-2-3-8-26(22)23/h2-17H,18-19H2,1H3,(H,31,33)/b27-17+. The molecule has 37 heavy (non-hydrogen) atoms. The summed E-state index contributed by atoms with van der Waals surface area (Å²) in [5.74, 6) is -0.0379. The SMILES string of the molecule is Cc1ccc(NC(=O)COc2ccc(/C=C3/SC(=O)N(Cc4cccc5ccccc45)C3=O)cc2)cc1. The number of anilines is 1. The molecule has 1 N–H and O–H groups in total. The normalized spacial score (nSPS) is 14.4. The van der Waals surface area contributed by atoms with Crippen molar-refractivity contribution < 1.29 is 19.1 Å². The van der Waals surface area contributed by atoms with Crippen LogP contribution in [0.2, 0.25) is 0 Å². The molecule has 0 unspecified atom stereocenters. The summed E-state index contributed by atoms with van der Waals surface area (Å²) in [5, 5.41) is 4.59. The number of carbonyl (C=O) groups excluding carboxylic acids is 3. The van der Waals surface area contributed by atoms with Crippen molar-refractivity contribution in [3.05, 3.63) is 113 Å². The van der Waals surface area contributed by atoms with Gasteiger partial charge in [-0.15, -0.1) is 0 Å². The molecule has 0 saturated carbocycles. The Morgan fingerprint density at radius 2 is 1.65 bits per heavy atom. The maximum Gasteiger partial charge on any atom is 0.293 e. The molecule has 4 aromatic carbocycles. The molecule has 0 bridgehead atoms. The number of fused-ring (bicyclic) bond motifs is 1. The van der Waals surface area contributed by atoms with E-state index in [1.165, 1.54) is 4.90 Å². The fraction of sp³-hybridized carbons (Fsp3) is 0.100. The van der Waals surface area contributed by atoms with Gasteiger partial charge in [-0.25, -0.2) is 0 Å². The molecule has 1 aliphatic heterocycles. The van der Waals surface area contributed by atoms with Crippen molar-refractivity contribution in [2.45, 2.75) is 13.5 Å². The quantitative estimate of drug-likeness (QED) is 0.292. The van der Waals surface area contributed by atoms with Crippen LogP contribution in [0.4, 0.5) is 10.5 Å². The minimum atomic E-state index is -0.309. The predicted molar refractivity (Wildman–Crippen MR) is 147 cm³/mol. The van der Waals surface area contributed by atoms with Gasteiger partial charge in [0.2, 0.25) is 0 Å². The van der Waals surface area contributed by atoms with Gasteiger partial charge in [-0.2, -0.15) is 0 Å². The van der Waals surface area contributed by atoms with Crippen LogP contribution in [0.15, 0.2) is 95.9 Å². The number of carbonyl (C=O) groups is 3. The Morgan fingerprint density at radius 1 is 0.919 bits per heavy atom. The Labute approximate surface area is 218 Å². The van der Waals surface area contributed by atoms with E-state index in [-0.39, 0.29) is 30.2 Å². The fourth-order valence-corrected chi connectivity index (χ4v) is 4.87. The average Bonchev–Trinajstić information content (AvgIpc) is 3.17. The Balaban J connectivity index is 1.21. The van der Waals surface area contributed by atoms with Crippen LogP contribution in [-0.2, 0) is 16.1 Å². The van der Waals surface area contributed by atoms with Crippen LogP contribution in [0.1, 0.15) is 16.7 Å². The van der Waals surface area contributed by atoms with Gasteiger partial charge < -0.3 is 10.1 Å². The zero-order valence-corrected chi connectivity index (χ0v) is 21.0. The van der Waals surface area contributed by atoms with Gasteiger partial charge in [0.15, 0.2) is 6.61 Å². The van der Waals surface area contributed by atoms with E-state index in [1.54, 1.807) is 30.3 Å². The highest BCUT2D eigenvalue weighted by Crippen LogP contribution is 2.34. The van der Waals surface area contributed by atoms with Crippen molar-refractivity contribution in [1.29, 1.82) is 0 Å². The number of benzene rings is 4. The van der Waals surface area contributed by atoms with Crippen LogP contribution in [0, 0.1) is 6.92 Å². The van der Waals surface area contributed by atoms with E-state index in [9.17, 15) is 14.4 Å². The monoisotopic (exact) mass is 508 g/mol. The maximum absolute atomic E-state index is 13.0. The Kier molecular flexibility index (Phi) is 7.05. The van der Waals surface area contributed by atoms with Crippen molar-refractivity contribution in [3.8, 4) is 5.75 Å². The van der Waals surface area contributed by atoms with Gasteiger partial charge in [-0.3, -0.25) is 19.3 Å². The number of rotatable bonds is 7. The van der Waals surface area contributed by atoms with E-state index in [2.05, 4.69) is 5.32 Å². The Bertz CT molecular complexity index is 1510. The lowest BCUT2D eigenvalue weighted by Gasteiger charge is -2.14. The number of amides is 3. The fourth-order valence-electron chi connectivity index (χ4n) is 4.03. The number of hydrogen-bond acceptors (Lipinski definition) is 5. The van der Waals surface area contributed by atoms with Crippen LogP contribution < -0.4 is 10.1 Å². The Morgan fingerprint density at radius 3 is 2.43 bits per heavy atom. The first-order valence-electron chi connectivity index (χ1n) is 11.8. The first-order valence-corrected chi connectivity index (χ1v) is 12.6. The summed E-state index contributed by atoms with van der Waals surface area (Å²) >= 11 is 0.936. The van der Waals surface area contributed by atoms with E-state index >= 15 is 0 Å². The van der Waals surface area contributed by atoms with Crippen LogP contribution >= 0.6 is 11.8 Å². The molecule has 0 atom stereocenters. The zero-order valence-electron chi connectivity index (χ0n) is 20.1. The second-order valence-corrected chi connectivity index (χ2v) is 9.67. The van der Waals surface area contributed by atoms with Crippen LogP contribution in [0.5, 0.6) is 5.75 Å².